The van der Waals surface area contributed by atoms with E-state index in [-0.39, 0.29) is 27.5 Å². The molecule has 3 atom stereocenters. The largest absolute Gasteiger partial charge is 0.390 e. The highest BCUT2D eigenvalue weighted by Gasteiger charge is 2.33. The van der Waals surface area contributed by atoms with Crippen molar-refractivity contribution < 1.29 is 22.3 Å². The van der Waals surface area contributed by atoms with Gasteiger partial charge in [-0.15, -0.1) is 0 Å². The number of sulfonamides is 1. The van der Waals surface area contributed by atoms with Gasteiger partial charge in [0.1, 0.15) is 16.5 Å². The monoisotopic (exact) mass is 651 g/mol. The van der Waals surface area contributed by atoms with Gasteiger partial charge in [-0.1, -0.05) is 74.0 Å². The van der Waals surface area contributed by atoms with E-state index < -0.39 is 39.8 Å². The molecule has 4 rings (SSSR count). The number of hydrogen-bond donors (Lipinski definition) is 3. The zero-order chi connectivity index (χ0) is 32.6. The van der Waals surface area contributed by atoms with Gasteiger partial charge in [-0.2, -0.15) is 5.26 Å². The predicted molar refractivity (Wildman–Crippen MR) is 172 cm³/mol. The van der Waals surface area contributed by atoms with Gasteiger partial charge in [0.25, 0.3) is 0 Å². The second-order valence-electron chi connectivity index (χ2n) is 11.0. The molecule has 0 aliphatic carbocycles. The lowest BCUT2D eigenvalue weighted by Crippen LogP contribution is -2.54. The number of aryl methyl sites for hydroxylation is 2. The van der Waals surface area contributed by atoms with Crippen LogP contribution in [0.2, 0.25) is 5.02 Å². The number of aliphatic hydroxyl groups is 1. The molecule has 45 heavy (non-hydrogen) atoms. The van der Waals surface area contributed by atoms with Gasteiger partial charge in [-0.25, -0.2) is 21.9 Å². The van der Waals surface area contributed by atoms with Crippen molar-refractivity contribution in [2.45, 2.75) is 69.2 Å². The molecule has 0 saturated heterocycles. The first-order chi connectivity index (χ1) is 21.5. The Hall–Kier alpha value is -3.65. The van der Waals surface area contributed by atoms with E-state index in [2.05, 4.69) is 23.0 Å². The molecule has 0 fully saturated rings. The van der Waals surface area contributed by atoms with Crippen LogP contribution in [0.15, 0.2) is 89.8 Å². The van der Waals surface area contributed by atoms with Crippen molar-refractivity contribution in [3.8, 4) is 6.07 Å². The number of nitriles is 1. The molecule has 0 aromatic heterocycles. The highest BCUT2D eigenvalue weighted by Crippen LogP contribution is 2.25. The zero-order valence-corrected chi connectivity index (χ0v) is 26.7. The summed E-state index contributed by atoms with van der Waals surface area (Å²) in [5.41, 5.74) is 4.52. The van der Waals surface area contributed by atoms with Crippen LogP contribution in [0.5, 0.6) is 0 Å². The molecule has 6 nitrogen and oxygen atoms in total. The maximum Gasteiger partial charge on any atom is 0.242 e. The van der Waals surface area contributed by atoms with Crippen LogP contribution in [-0.2, 0) is 42.3 Å². The summed E-state index contributed by atoms with van der Waals surface area (Å²) in [5.74, 6) is -1.64. The smallest absolute Gasteiger partial charge is 0.242 e. The third-order valence-corrected chi connectivity index (χ3v) is 9.66. The summed E-state index contributed by atoms with van der Waals surface area (Å²) in [6.45, 7) is 4.49. The van der Waals surface area contributed by atoms with Crippen molar-refractivity contribution in [1.29, 1.82) is 5.26 Å². The summed E-state index contributed by atoms with van der Waals surface area (Å²) in [6.07, 6.45) is 0.437. The van der Waals surface area contributed by atoms with E-state index in [4.69, 9.17) is 11.6 Å². The zero-order valence-electron chi connectivity index (χ0n) is 25.1. The Kier molecular flexibility index (Phi) is 11.8. The Morgan fingerprint density at radius 2 is 1.38 bits per heavy atom. The maximum atomic E-state index is 14.2. The molecular weight excluding hydrogens is 616 g/mol. The molecule has 0 aliphatic rings. The molecule has 4 aromatic carbocycles. The topological polar surface area (TPSA) is 102 Å². The Morgan fingerprint density at radius 3 is 1.98 bits per heavy atom. The van der Waals surface area contributed by atoms with Gasteiger partial charge in [0.15, 0.2) is 0 Å². The fraction of sp³-hybridized carbons (Fsp3) is 0.286. The van der Waals surface area contributed by atoms with E-state index in [0.29, 0.717) is 13.0 Å². The molecule has 4 aromatic rings. The Balaban J connectivity index is 1.72. The molecule has 0 saturated carbocycles. The lowest BCUT2D eigenvalue weighted by atomic mass is 9.92. The standard InChI is InChI=1S/C35H36ClF2N3O3S/c1-3-23-7-5-9-25(13-23)18-32(40-22-27-10-6-8-24(4-2)14-27)35(42)33(19-28-15-29(37)20-30(38)16-28)41-45(43,44)34-12-11-26(21-39)17-31(34)36/h5-17,20,32-33,35,40-42H,3-4,18-19,22H2,1-2H3. The Labute approximate surface area is 268 Å². The fourth-order valence-corrected chi connectivity index (χ4v) is 7.10. The summed E-state index contributed by atoms with van der Waals surface area (Å²) >= 11 is 6.25. The Morgan fingerprint density at radius 1 is 0.800 bits per heavy atom. The first-order valence-corrected chi connectivity index (χ1v) is 16.6. The van der Waals surface area contributed by atoms with Crippen LogP contribution < -0.4 is 10.0 Å². The van der Waals surface area contributed by atoms with Crippen LogP contribution in [0, 0.1) is 23.0 Å². The second kappa shape index (κ2) is 15.6. The highest BCUT2D eigenvalue weighted by molar-refractivity contribution is 7.89. The van der Waals surface area contributed by atoms with Gasteiger partial charge in [-0.3, -0.25) is 0 Å². The van der Waals surface area contributed by atoms with E-state index in [9.17, 15) is 27.6 Å². The van der Waals surface area contributed by atoms with Crippen LogP contribution in [-0.4, -0.2) is 31.7 Å². The summed E-state index contributed by atoms with van der Waals surface area (Å²) in [7, 11) is -4.36. The minimum Gasteiger partial charge on any atom is -0.390 e. The van der Waals surface area contributed by atoms with Crippen molar-refractivity contribution in [2.24, 2.45) is 0 Å². The fourth-order valence-electron chi connectivity index (χ4n) is 5.30. The third-order valence-electron chi connectivity index (χ3n) is 7.68. The number of rotatable bonds is 14. The van der Waals surface area contributed by atoms with Gasteiger partial charge < -0.3 is 10.4 Å². The van der Waals surface area contributed by atoms with E-state index >= 15 is 0 Å². The summed E-state index contributed by atoms with van der Waals surface area (Å²) in [6, 6.07) is 22.7. The summed E-state index contributed by atoms with van der Waals surface area (Å²) in [4.78, 5) is -0.290. The van der Waals surface area contributed by atoms with Crippen molar-refractivity contribution >= 4 is 21.6 Å². The molecule has 10 heteroatoms. The van der Waals surface area contributed by atoms with Crippen LogP contribution >= 0.6 is 11.6 Å². The lowest BCUT2D eigenvalue weighted by molar-refractivity contribution is 0.0933. The predicted octanol–water partition coefficient (Wildman–Crippen LogP) is 6.27. The normalized spacial score (nSPS) is 13.6. The van der Waals surface area contributed by atoms with Gasteiger partial charge in [-0.05, 0) is 83.8 Å². The first kappa shape index (κ1) is 34.2. The molecule has 3 N–H and O–H groups in total. The van der Waals surface area contributed by atoms with E-state index in [1.165, 1.54) is 18.2 Å². The van der Waals surface area contributed by atoms with Crippen molar-refractivity contribution in [3.05, 3.63) is 135 Å². The maximum absolute atomic E-state index is 14.2. The first-order valence-electron chi connectivity index (χ1n) is 14.7. The molecule has 0 aliphatic heterocycles. The highest BCUT2D eigenvalue weighted by atomic mass is 35.5. The van der Waals surface area contributed by atoms with Crippen molar-refractivity contribution in [2.75, 3.05) is 0 Å². The third kappa shape index (κ3) is 9.42. The number of halogens is 3. The minimum atomic E-state index is -4.36. The molecular formula is C35H36ClF2N3O3S. The number of benzene rings is 4. The summed E-state index contributed by atoms with van der Waals surface area (Å²) in [5, 5.41) is 24.4. The molecule has 0 amide bonds. The summed E-state index contributed by atoms with van der Waals surface area (Å²) < 4.78 is 58.2. The van der Waals surface area contributed by atoms with Gasteiger partial charge in [0.2, 0.25) is 10.0 Å². The lowest BCUT2D eigenvalue weighted by Gasteiger charge is -2.32. The average molecular weight is 652 g/mol. The van der Waals surface area contributed by atoms with Crippen LogP contribution in [0.1, 0.15) is 47.2 Å². The molecule has 0 heterocycles. The van der Waals surface area contributed by atoms with E-state index in [1.54, 1.807) is 0 Å². The number of aliphatic hydroxyl groups excluding tert-OH is 1. The van der Waals surface area contributed by atoms with Gasteiger partial charge in [0.05, 0.1) is 28.8 Å². The quantitative estimate of drug-likeness (QED) is 0.149. The Bertz CT molecular complexity index is 1760. The number of nitrogens with one attached hydrogen (secondary N) is 2. The number of nitrogens with zero attached hydrogens (tertiary/aromatic N) is 1. The average Bonchev–Trinajstić information content (AvgIpc) is 3.01. The van der Waals surface area contributed by atoms with Gasteiger partial charge in [0, 0.05) is 18.7 Å². The minimum absolute atomic E-state index is 0.160. The number of hydrogen-bond acceptors (Lipinski definition) is 5. The van der Waals surface area contributed by atoms with Crippen LogP contribution in [0.25, 0.3) is 0 Å². The second-order valence-corrected chi connectivity index (χ2v) is 13.1. The molecule has 236 valence electrons. The van der Waals surface area contributed by atoms with Crippen LogP contribution in [0.3, 0.4) is 0 Å². The van der Waals surface area contributed by atoms with Gasteiger partial charge >= 0.3 is 0 Å². The van der Waals surface area contributed by atoms with E-state index in [1.807, 2.05) is 55.5 Å². The van der Waals surface area contributed by atoms with Crippen molar-refractivity contribution in [1.82, 2.24) is 10.0 Å². The molecule has 0 radical (unpaired) electrons. The molecule has 3 unspecified atom stereocenters. The molecule has 0 spiro atoms. The van der Waals surface area contributed by atoms with E-state index in [0.717, 1.165) is 53.3 Å². The molecule has 0 bridgehead atoms. The SMILES string of the molecule is CCc1cccc(CNC(Cc2cccc(CC)c2)C(O)C(Cc2cc(F)cc(F)c2)NS(=O)(=O)c2ccc(C#N)cc2Cl)c1. The van der Waals surface area contributed by atoms with Crippen molar-refractivity contribution in [3.63, 3.8) is 0 Å². The van der Waals surface area contributed by atoms with Crippen LogP contribution in [0.4, 0.5) is 8.78 Å².